The average molecular weight is 383 g/mol. The van der Waals surface area contributed by atoms with Gasteiger partial charge in [0.1, 0.15) is 0 Å². The number of hydrogen-bond donors (Lipinski definition) is 2. The maximum absolute atomic E-state index is 7.03. The van der Waals surface area contributed by atoms with E-state index in [1.54, 1.807) is 0 Å². The number of rotatable bonds is 5. The molecule has 2 aromatic carbocycles. The zero-order valence-corrected chi connectivity index (χ0v) is 17.9. The minimum atomic E-state index is -2.44. The highest BCUT2D eigenvalue weighted by molar-refractivity contribution is 6.99. The summed E-state index contributed by atoms with van der Waals surface area (Å²) in [6.07, 6.45) is 3.06. The molecular weight excluding hydrogens is 348 g/mol. The highest BCUT2D eigenvalue weighted by Gasteiger charge is 2.50. The molecule has 2 unspecified atom stereocenters. The molecule has 1 aliphatic rings. The van der Waals surface area contributed by atoms with Crippen LogP contribution in [0, 0.1) is 5.92 Å². The molecular formula is C23H34N2OSi. The molecule has 2 aromatic rings. The van der Waals surface area contributed by atoms with Gasteiger partial charge in [-0.1, -0.05) is 81.4 Å². The van der Waals surface area contributed by atoms with E-state index in [4.69, 9.17) is 15.9 Å². The van der Waals surface area contributed by atoms with Crippen molar-refractivity contribution in [2.75, 3.05) is 6.61 Å². The van der Waals surface area contributed by atoms with Crippen LogP contribution >= 0.6 is 0 Å². The molecule has 0 heterocycles. The molecule has 4 N–H and O–H groups in total. The highest BCUT2D eigenvalue weighted by atomic mass is 28.4. The summed E-state index contributed by atoms with van der Waals surface area (Å²) in [6, 6.07) is 21.9. The SMILES string of the molecule is CC(C)(C)[Si](OCC1CCC(N)[C@@H](N)C1)(c1ccccc1)c1ccccc1. The molecule has 3 nitrogen and oxygen atoms in total. The molecule has 0 bridgehead atoms. The van der Waals surface area contributed by atoms with E-state index < -0.39 is 8.32 Å². The standard InChI is InChI=1S/C23H34N2OSi/c1-23(2,3)27(19-10-6-4-7-11-19,20-12-8-5-9-13-20)26-17-18-14-15-21(24)22(25)16-18/h4-13,18,21-22H,14-17,24-25H2,1-3H3/t18?,21?,22-/m0/s1. The second-order valence-corrected chi connectivity index (χ2v) is 13.3. The average Bonchev–Trinajstić information content (AvgIpc) is 2.66. The van der Waals surface area contributed by atoms with Crippen LogP contribution in [0.1, 0.15) is 40.0 Å². The highest BCUT2D eigenvalue weighted by Crippen LogP contribution is 2.37. The van der Waals surface area contributed by atoms with Gasteiger partial charge < -0.3 is 15.9 Å². The second kappa shape index (κ2) is 8.27. The zero-order valence-electron chi connectivity index (χ0n) is 16.9. The normalized spacial score (nSPS) is 24.0. The van der Waals surface area contributed by atoms with E-state index in [1.807, 2.05) is 0 Å². The van der Waals surface area contributed by atoms with Crippen LogP contribution in [0.4, 0.5) is 0 Å². The van der Waals surface area contributed by atoms with Crippen molar-refractivity contribution in [3.05, 3.63) is 60.7 Å². The van der Waals surface area contributed by atoms with Crippen molar-refractivity contribution in [1.82, 2.24) is 0 Å². The summed E-state index contributed by atoms with van der Waals surface area (Å²) in [5.41, 5.74) is 12.4. The van der Waals surface area contributed by atoms with Gasteiger partial charge in [0.25, 0.3) is 8.32 Å². The summed E-state index contributed by atoms with van der Waals surface area (Å²) < 4.78 is 7.03. The Morgan fingerprint density at radius 1 is 0.852 bits per heavy atom. The predicted octanol–water partition coefficient (Wildman–Crippen LogP) is 3.02. The monoisotopic (exact) mass is 382 g/mol. The van der Waals surface area contributed by atoms with Crippen LogP contribution in [0.25, 0.3) is 0 Å². The third-order valence-electron chi connectivity index (χ3n) is 6.02. The number of benzene rings is 2. The Balaban J connectivity index is 1.97. The molecule has 4 heteroatoms. The summed E-state index contributed by atoms with van der Waals surface area (Å²) >= 11 is 0. The Bertz CT molecular complexity index is 675. The fourth-order valence-corrected chi connectivity index (χ4v) is 9.12. The first-order valence-corrected chi connectivity index (χ1v) is 12.0. The van der Waals surface area contributed by atoms with Gasteiger partial charge in [0.05, 0.1) is 0 Å². The van der Waals surface area contributed by atoms with E-state index in [-0.39, 0.29) is 17.1 Å². The van der Waals surface area contributed by atoms with E-state index in [2.05, 4.69) is 81.4 Å². The Morgan fingerprint density at radius 3 is 1.81 bits per heavy atom. The predicted molar refractivity (Wildman–Crippen MR) is 117 cm³/mol. The van der Waals surface area contributed by atoms with Crippen molar-refractivity contribution < 1.29 is 4.43 Å². The minimum absolute atomic E-state index is 0.0168. The summed E-state index contributed by atoms with van der Waals surface area (Å²) in [5, 5.41) is 2.68. The molecule has 3 atom stereocenters. The van der Waals surface area contributed by atoms with Gasteiger partial charge in [-0.25, -0.2) is 0 Å². The lowest BCUT2D eigenvalue weighted by molar-refractivity contribution is 0.179. The Morgan fingerprint density at radius 2 is 1.37 bits per heavy atom. The molecule has 0 amide bonds. The van der Waals surface area contributed by atoms with E-state index in [0.717, 1.165) is 25.9 Å². The van der Waals surface area contributed by atoms with Gasteiger partial charge in [0.15, 0.2) is 0 Å². The quantitative estimate of drug-likeness (QED) is 0.782. The lowest BCUT2D eigenvalue weighted by Gasteiger charge is -2.44. The minimum Gasteiger partial charge on any atom is -0.407 e. The molecule has 3 rings (SSSR count). The van der Waals surface area contributed by atoms with Gasteiger partial charge in [-0.15, -0.1) is 0 Å². The van der Waals surface area contributed by atoms with Gasteiger partial charge in [-0.2, -0.15) is 0 Å². The van der Waals surface area contributed by atoms with Crippen LogP contribution in [0.5, 0.6) is 0 Å². The molecule has 146 valence electrons. The lowest BCUT2D eigenvalue weighted by atomic mass is 9.84. The Kier molecular flexibility index (Phi) is 6.21. The molecule has 0 radical (unpaired) electrons. The van der Waals surface area contributed by atoms with Gasteiger partial charge in [0.2, 0.25) is 0 Å². The maximum atomic E-state index is 7.03. The van der Waals surface area contributed by atoms with E-state index in [9.17, 15) is 0 Å². The van der Waals surface area contributed by atoms with E-state index in [1.165, 1.54) is 10.4 Å². The van der Waals surface area contributed by atoms with Crippen molar-refractivity contribution in [3.8, 4) is 0 Å². The first-order valence-electron chi connectivity index (χ1n) is 10.1. The molecule has 0 aromatic heterocycles. The molecule has 1 saturated carbocycles. The summed E-state index contributed by atoms with van der Waals surface area (Å²) in [5.74, 6) is 0.487. The second-order valence-electron chi connectivity index (χ2n) is 8.98. The van der Waals surface area contributed by atoms with Gasteiger partial charge in [0, 0.05) is 18.7 Å². The van der Waals surface area contributed by atoms with Crippen LogP contribution in [0.2, 0.25) is 5.04 Å². The van der Waals surface area contributed by atoms with Crippen molar-refractivity contribution in [2.45, 2.75) is 57.2 Å². The zero-order chi connectivity index (χ0) is 19.5. The van der Waals surface area contributed by atoms with Crippen molar-refractivity contribution in [1.29, 1.82) is 0 Å². The Labute approximate surface area is 165 Å². The smallest absolute Gasteiger partial charge is 0.261 e. The van der Waals surface area contributed by atoms with E-state index in [0.29, 0.717) is 5.92 Å². The summed E-state index contributed by atoms with van der Waals surface area (Å²) in [7, 11) is -2.44. The molecule has 1 fully saturated rings. The van der Waals surface area contributed by atoms with Crippen LogP contribution in [-0.2, 0) is 4.43 Å². The molecule has 0 aliphatic heterocycles. The van der Waals surface area contributed by atoms with Crippen LogP contribution < -0.4 is 21.8 Å². The largest absolute Gasteiger partial charge is 0.407 e. The molecule has 0 spiro atoms. The molecule has 27 heavy (non-hydrogen) atoms. The molecule has 1 aliphatic carbocycles. The fraction of sp³-hybridized carbons (Fsp3) is 0.478. The maximum Gasteiger partial charge on any atom is 0.261 e. The third kappa shape index (κ3) is 4.19. The van der Waals surface area contributed by atoms with Crippen LogP contribution in [0.15, 0.2) is 60.7 Å². The third-order valence-corrected chi connectivity index (χ3v) is 11.0. The topological polar surface area (TPSA) is 61.3 Å². The molecule has 0 saturated heterocycles. The summed E-state index contributed by atoms with van der Waals surface area (Å²) in [4.78, 5) is 0. The van der Waals surface area contributed by atoms with Crippen LogP contribution in [0.3, 0.4) is 0 Å². The van der Waals surface area contributed by atoms with Crippen molar-refractivity contribution in [3.63, 3.8) is 0 Å². The van der Waals surface area contributed by atoms with Crippen LogP contribution in [-0.4, -0.2) is 27.0 Å². The lowest BCUT2D eigenvalue weighted by Crippen LogP contribution is -2.67. The van der Waals surface area contributed by atoms with E-state index >= 15 is 0 Å². The summed E-state index contributed by atoms with van der Waals surface area (Å²) in [6.45, 7) is 7.72. The van der Waals surface area contributed by atoms with Gasteiger partial charge in [-0.05, 0) is 40.6 Å². The van der Waals surface area contributed by atoms with Gasteiger partial charge in [-0.3, -0.25) is 0 Å². The van der Waals surface area contributed by atoms with Crippen molar-refractivity contribution in [2.24, 2.45) is 17.4 Å². The van der Waals surface area contributed by atoms with Crippen molar-refractivity contribution >= 4 is 18.7 Å². The van der Waals surface area contributed by atoms with Gasteiger partial charge >= 0.3 is 0 Å². The number of nitrogens with two attached hydrogens (primary N) is 2. The first-order chi connectivity index (χ1) is 12.8. The first kappa shape index (κ1) is 20.3. The fourth-order valence-electron chi connectivity index (χ4n) is 4.48. The Hall–Kier alpha value is -1.46. The number of hydrogen-bond acceptors (Lipinski definition) is 3.